The van der Waals surface area contributed by atoms with E-state index in [1.165, 1.54) is 25.1 Å². The van der Waals surface area contributed by atoms with Gasteiger partial charge in [-0.25, -0.2) is 0 Å². The summed E-state index contributed by atoms with van der Waals surface area (Å²) < 4.78 is 0. The summed E-state index contributed by atoms with van der Waals surface area (Å²) in [5.41, 5.74) is 3.48. The molecule has 1 saturated carbocycles. The van der Waals surface area contributed by atoms with Crippen molar-refractivity contribution in [1.29, 1.82) is 0 Å². The van der Waals surface area contributed by atoms with E-state index >= 15 is 0 Å². The molecule has 1 aliphatic carbocycles. The first-order valence-electron chi connectivity index (χ1n) is 5.09. The molecule has 0 bridgehead atoms. The number of rotatable bonds is 1. The van der Waals surface area contributed by atoms with Gasteiger partial charge in [-0.15, -0.1) is 12.4 Å². The molecule has 76 valence electrons. The van der Waals surface area contributed by atoms with Crippen LogP contribution in [0.1, 0.15) is 17.5 Å². The van der Waals surface area contributed by atoms with Crippen molar-refractivity contribution in [3.63, 3.8) is 0 Å². The Balaban J connectivity index is 0.000000750. The lowest BCUT2D eigenvalue weighted by atomic mass is 9.94. The summed E-state index contributed by atoms with van der Waals surface area (Å²) in [5, 5.41) is 3.48. The van der Waals surface area contributed by atoms with Crippen LogP contribution < -0.4 is 5.32 Å². The van der Waals surface area contributed by atoms with Crippen LogP contribution in [0.3, 0.4) is 0 Å². The highest BCUT2D eigenvalue weighted by atomic mass is 35.5. The number of nitrogens with one attached hydrogen (secondary N) is 1. The smallest absolute Gasteiger partial charge is 0.0122 e. The Morgan fingerprint density at radius 3 is 2.86 bits per heavy atom. The number of aryl methyl sites for hydroxylation is 1. The van der Waals surface area contributed by atoms with E-state index in [9.17, 15) is 0 Å². The van der Waals surface area contributed by atoms with Crippen LogP contribution in [-0.2, 0) is 5.41 Å². The lowest BCUT2D eigenvalue weighted by Gasteiger charge is -2.12. The summed E-state index contributed by atoms with van der Waals surface area (Å²) in [5.74, 6) is 0.925. The maximum absolute atomic E-state index is 3.48. The normalized spacial score (nSPS) is 33.4. The Morgan fingerprint density at radius 1 is 1.43 bits per heavy atom. The highest BCUT2D eigenvalue weighted by Gasteiger charge is 2.57. The molecule has 0 radical (unpaired) electrons. The zero-order chi connectivity index (χ0) is 8.89. The molecule has 0 aromatic heterocycles. The zero-order valence-electron chi connectivity index (χ0n) is 8.42. The van der Waals surface area contributed by atoms with Gasteiger partial charge in [0.25, 0.3) is 0 Å². The molecule has 1 aromatic carbocycles. The first kappa shape index (κ1) is 10.0. The van der Waals surface area contributed by atoms with Crippen LogP contribution in [0.15, 0.2) is 24.3 Å². The lowest BCUT2D eigenvalue weighted by molar-refractivity contribution is 0.675. The number of hydrogen-bond acceptors (Lipinski definition) is 1. The maximum Gasteiger partial charge on any atom is 0.0122 e. The van der Waals surface area contributed by atoms with Crippen molar-refractivity contribution in [2.45, 2.75) is 18.8 Å². The Labute approximate surface area is 91.3 Å². The van der Waals surface area contributed by atoms with E-state index in [0.29, 0.717) is 5.41 Å². The van der Waals surface area contributed by atoms with Gasteiger partial charge in [0, 0.05) is 12.0 Å². The van der Waals surface area contributed by atoms with Crippen LogP contribution >= 0.6 is 12.4 Å². The van der Waals surface area contributed by atoms with Crippen LogP contribution in [-0.4, -0.2) is 13.1 Å². The van der Waals surface area contributed by atoms with Gasteiger partial charge in [-0.05, 0) is 31.4 Å². The second-order valence-electron chi connectivity index (χ2n) is 4.56. The maximum atomic E-state index is 3.48. The van der Waals surface area contributed by atoms with Crippen molar-refractivity contribution >= 4 is 12.4 Å². The number of piperidine rings is 1. The van der Waals surface area contributed by atoms with Gasteiger partial charge in [-0.1, -0.05) is 29.8 Å². The van der Waals surface area contributed by atoms with Gasteiger partial charge < -0.3 is 5.32 Å². The van der Waals surface area contributed by atoms with Crippen LogP contribution in [0.25, 0.3) is 0 Å². The summed E-state index contributed by atoms with van der Waals surface area (Å²) in [7, 11) is 0. The van der Waals surface area contributed by atoms with Gasteiger partial charge >= 0.3 is 0 Å². The van der Waals surface area contributed by atoms with E-state index in [0.717, 1.165) is 5.92 Å². The van der Waals surface area contributed by atoms with E-state index in [1.54, 1.807) is 5.56 Å². The van der Waals surface area contributed by atoms with Crippen LogP contribution in [0.5, 0.6) is 0 Å². The molecule has 1 aliphatic heterocycles. The molecule has 1 N–H and O–H groups in total. The summed E-state index contributed by atoms with van der Waals surface area (Å²) in [6.45, 7) is 4.61. The first-order chi connectivity index (χ1) is 6.31. The molecular formula is C12H16ClN. The van der Waals surface area contributed by atoms with E-state index < -0.39 is 0 Å². The molecule has 3 rings (SSSR count). The second kappa shape index (κ2) is 3.25. The number of fused-ring (bicyclic) bond motifs is 1. The summed E-state index contributed by atoms with van der Waals surface area (Å²) in [4.78, 5) is 0. The molecule has 1 heterocycles. The molecule has 2 atom stereocenters. The largest absolute Gasteiger partial charge is 0.316 e. The third kappa shape index (κ3) is 1.27. The van der Waals surface area contributed by atoms with Gasteiger partial charge in [0.05, 0.1) is 0 Å². The van der Waals surface area contributed by atoms with Crippen molar-refractivity contribution in [2.75, 3.05) is 13.1 Å². The summed E-state index contributed by atoms with van der Waals surface area (Å²) in [6, 6.07) is 9.01. The topological polar surface area (TPSA) is 12.0 Å². The summed E-state index contributed by atoms with van der Waals surface area (Å²) >= 11 is 0. The van der Waals surface area contributed by atoms with Gasteiger partial charge in [0.2, 0.25) is 0 Å². The molecule has 2 unspecified atom stereocenters. The Kier molecular flexibility index (Phi) is 2.32. The van der Waals surface area contributed by atoms with Crippen molar-refractivity contribution in [3.8, 4) is 0 Å². The minimum Gasteiger partial charge on any atom is -0.316 e. The fourth-order valence-corrected chi connectivity index (χ4v) is 2.74. The molecule has 1 saturated heterocycles. The van der Waals surface area contributed by atoms with E-state index in [4.69, 9.17) is 0 Å². The Hall–Kier alpha value is -0.530. The second-order valence-corrected chi connectivity index (χ2v) is 4.56. The highest BCUT2D eigenvalue weighted by Crippen LogP contribution is 2.56. The van der Waals surface area contributed by atoms with Gasteiger partial charge in [0.15, 0.2) is 0 Å². The number of hydrogen-bond donors (Lipinski definition) is 1. The van der Waals surface area contributed by atoms with Crippen molar-refractivity contribution in [2.24, 2.45) is 5.92 Å². The number of benzene rings is 1. The van der Waals surface area contributed by atoms with Gasteiger partial charge in [0.1, 0.15) is 0 Å². The third-order valence-corrected chi connectivity index (χ3v) is 3.66. The Morgan fingerprint density at radius 2 is 2.29 bits per heavy atom. The quantitative estimate of drug-likeness (QED) is 0.749. The van der Waals surface area contributed by atoms with Crippen molar-refractivity contribution < 1.29 is 0 Å². The van der Waals surface area contributed by atoms with E-state index in [2.05, 4.69) is 36.5 Å². The van der Waals surface area contributed by atoms with Crippen molar-refractivity contribution in [3.05, 3.63) is 35.4 Å². The molecule has 2 heteroatoms. The molecule has 1 nitrogen and oxygen atoms in total. The van der Waals surface area contributed by atoms with Crippen LogP contribution in [0.4, 0.5) is 0 Å². The SMILES string of the molecule is Cc1cccc(C23CNCC2C3)c1.Cl. The predicted molar refractivity (Wildman–Crippen MR) is 61.1 cm³/mol. The molecule has 1 aromatic rings. The fourth-order valence-electron chi connectivity index (χ4n) is 2.74. The minimum atomic E-state index is 0. The molecular weight excluding hydrogens is 194 g/mol. The molecule has 14 heavy (non-hydrogen) atoms. The number of halogens is 1. The average Bonchev–Trinajstić information content (AvgIpc) is 2.70. The zero-order valence-corrected chi connectivity index (χ0v) is 9.23. The van der Waals surface area contributed by atoms with Crippen molar-refractivity contribution in [1.82, 2.24) is 5.32 Å². The first-order valence-corrected chi connectivity index (χ1v) is 5.09. The monoisotopic (exact) mass is 209 g/mol. The lowest BCUT2D eigenvalue weighted by Crippen LogP contribution is -2.19. The molecule has 0 amide bonds. The van der Waals surface area contributed by atoms with E-state index in [1.807, 2.05) is 0 Å². The third-order valence-electron chi connectivity index (χ3n) is 3.66. The van der Waals surface area contributed by atoms with Crippen LogP contribution in [0.2, 0.25) is 0 Å². The highest BCUT2D eigenvalue weighted by molar-refractivity contribution is 5.85. The standard InChI is InChI=1S/C12H15N.ClH/c1-9-3-2-4-10(5-9)12-6-11(12)7-13-8-12;/h2-5,11,13H,6-8H2,1H3;1H. The molecule has 2 aliphatic rings. The molecule has 0 spiro atoms. The average molecular weight is 210 g/mol. The fraction of sp³-hybridized carbons (Fsp3) is 0.500. The van der Waals surface area contributed by atoms with Gasteiger partial charge in [-0.3, -0.25) is 0 Å². The minimum absolute atomic E-state index is 0. The molecule has 2 fully saturated rings. The Bertz CT molecular complexity index is 350. The van der Waals surface area contributed by atoms with Crippen LogP contribution in [0, 0.1) is 12.8 Å². The predicted octanol–water partition coefficient (Wildman–Crippen LogP) is 2.28. The van der Waals surface area contributed by atoms with Gasteiger partial charge in [-0.2, -0.15) is 0 Å². The van der Waals surface area contributed by atoms with E-state index in [-0.39, 0.29) is 12.4 Å². The summed E-state index contributed by atoms with van der Waals surface area (Å²) in [6.07, 6.45) is 1.41.